The van der Waals surface area contributed by atoms with E-state index in [2.05, 4.69) is 37.1 Å². The number of rotatable bonds is 3. The number of hydrogen-bond acceptors (Lipinski definition) is 2. The van der Waals surface area contributed by atoms with Crippen LogP contribution in [-0.2, 0) is 0 Å². The van der Waals surface area contributed by atoms with E-state index in [-0.39, 0.29) is 11.9 Å². The zero-order valence-electron chi connectivity index (χ0n) is 17.5. The van der Waals surface area contributed by atoms with Crippen LogP contribution in [0.25, 0.3) is 0 Å². The first-order valence-electron chi connectivity index (χ1n) is 10.7. The van der Waals surface area contributed by atoms with Gasteiger partial charge in [-0.05, 0) is 55.0 Å². The Balaban J connectivity index is 1.43. The van der Waals surface area contributed by atoms with Gasteiger partial charge in [0.15, 0.2) is 0 Å². The van der Waals surface area contributed by atoms with Crippen LogP contribution in [-0.4, -0.2) is 32.1 Å². The first-order chi connectivity index (χ1) is 14.6. The van der Waals surface area contributed by atoms with Crippen LogP contribution >= 0.6 is 0 Å². The summed E-state index contributed by atoms with van der Waals surface area (Å²) in [4.78, 5) is 17.2. The van der Waals surface area contributed by atoms with Crippen molar-refractivity contribution < 1.29 is 14.4 Å². The summed E-state index contributed by atoms with van der Waals surface area (Å²) in [5, 5.41) is 0. The third-order valence-corrected chi connectivity index (χ3v) is 6.37. The molecule has 2 aliphatic heterocycles. The van der Waals surface area contributed by atoms with Gasteiger partial charge in [-0.25, -0.2) is 0 Å². The maximum absolute atomic E-state index is 13.6. The summed E-state index contributed by atoms with van der Waals surface area (Å²) in [5.41, 5.74) is 4.37. The maximum atomic E-state index is 13.6. The molecule has 0 aromatic heterocycles. The largest absolute Gasteiger partial charge is 0.457 e. The Labute approximate surface area is 177 Å². The number of aryl methyl sites for hydroxylation is 1. The van der Waals surface area contributed by atoms with Gasteiger partial charge < -0.3 is 14.5 Å². The molecule has 0 bridgehead atoms. The van der Waals surface area contributed by atoms with Crippen molar-refractivity contribution in [2.45, 2.75) is 25.3 Å². The smallest absolute Gasteiger partial charge is 0.258 e. The molecule has 152 valence electrons. The number of carbonyl (C=O) groups excluding carboxylic acids is 1. The van der Waals surface area contributed by atoms with E-state index in [1.165, 1.54) is 11.1 Å². The number of anilines is 1. The molecule has 0 radical (unpaired) electrons. The Hall–Kier alpha value is -3.11. The molecule has 0 saturated carbocycles. The molecule has 1 fully saturated rings. The number of amides is 1. The predicted octanol–water partition coefficient (Wildman–Crippen LogP) is 3.82. The standard InChI is InChI=1S/C26H26N2O2/c1-18-8-13-24-22(16-18)23-17-27(2)15-14-25(23)28(24)26(29)19-9-11-21(12-10-19)30-20-6-4-3-5-7-20/h3-13,16,23,25H,14-15,17H2,1-2H3/p+1/t23-,25+/m0/s1. The van der Waals surface area contributed by atoms with E-state index in [1.807, 2.05) is 54.6 Å². The molecule has 4 nitrogen and oxygen atoms in total. The lowest BCUT2D eigenvalue weighted by Crippen LogP contribution is -3.11. The van der Waals surface area contributed by atoms with Gasteiger partial charge in [-0.1, -0.05) is 35.9 Å². The highest BCUT2D eigenvalue weighted by Crippen LogP contribution is 2.43. The van der Waals surface area contributed by atoms with E-state index in [9.17, 15) is 4.79 Å². The quantitative estimate of drug-likeness (QED) is 0.727. The zero-order valence-corrected chi connectivity index (χ0v) is 17.5. The van der Waals surface area contributed by atoms with Crippen LogP contribution < -0.4 is 14.5 Å². The minimum atomic E-state index is 0.0819. The number of likely N-dealkylation sites (N-methyl/N-ethyl adjacent to an activating group) is 1. The number of para-hydroxylation sites is 1. The van der Waals surface area contributed by atoms with Crippen molar-refractivity contribution in [3.63, 3.8) is 0 Å². The number of benzene rings is 3. The van der Waals surface area contributed by atoms with E-state index < -0.39 is 0 Å². The molecule has 1 amide bonds. The molecule has 0 aliphatic carbocycles. The molecule has 0 spiro atoms. The lowest BCUT2D eigenvalue weighted by molar-refractivity contribution is -0.886. The highest BCUT2D eigenvalue weighted by Gasteiger charge is 2.45. The zero-order chi connectivity index (χ0) is 20.7. The fourth-order valence-corrected chi connectivity index (χ4v) is 4.89. The SMILES string of the molecule is Cc1ccc2c(c1)[C@@H]1C[NH+](C)CC[C@H]1N2C(=O)c1ccc(Oc2ccccc2)cc1. The highest BCUT2D eigenvalue weighted by atomic mass is 16.5. The van der Waals surface area contributed by atoms with Gasteiger partial charge in [-0.15, -0.1) is 0 Å². The molecule has 1 unspecified atom stereocenters. The van der Waals surface area contributed by atoms with E-state index in [0.717, 1.165) is 36.7 Å². The van der Waals surface area contributed by atoms with Gasteiger partial charge in [0.2, 0.25) is 0 Å². The average Bonchev–Trinajstić information content (AvgIpc) is 3.07. The second-order valence-corrected chi connectivity index (χ2v) is 8.55. The molecule has 2 heterocycles. The van der Waals surface area contributed by atoms with Gasteiger partial charge in [0, 0.05) is 17.7 Å². The summed E-state index contributed by atoms with van der Waals surface area (Å²) in [6.45, 7) is 4.31. The van der Waals surface area contributed by atoms with Gasteiger partial charge in [0.1, 0.15) is 11.5 Å². The minimum Gasteiger partial charge on any atom is -0.457 e. The number of likely N-dealkylation sites (tertiary alicyclic amines) is 1. The third kappa shape index (κ3) is 3.37. The third-order valence-electron chi connectivity index (χ3n) is 6.37. The van der Waals surface area contributed by atoms with Gasteiger partial charge >= 0.3 is 0 Å². The summed E-state index contributed by atoms with van der Waals surface area (Å²) in [6.07, 6.45) is 1.03. The van der Waals surface area contributed by atoms with Crippen molar-refractivity contribution in [2.75, 3.05) is 25.0 Å². The van der Waals surface area contributed by atoms with Crippen molar-refractivity contribution in [3.8, 4) is 11.5 Å². The molecule has 30 heavy (non-hydrogen) atoms. The van der Waals surface area contributed by atoms with E-state index in [4.69, 9.17) is 4.74 Å². The van der Waals surface area contributed by atoms with E-state index in [0.29, 0.717) is 11.5 Å². The summed E-state index contributed by atoms with van der Waals surface area (Å²) in [7, 11) is 2.25. The summed E-state index contributed by atoms with van der Waals surface area (Å²) >= 11 is 0. The summed E-state index contributed by atoms with van der Waals surface area (Å²) in [5.74, 6) is 2.02. The number of ether oxygens (including phenoxy) is 1. The van der Waals surface area contributed by atoms with Crippen LogP contribution in [0.3, 0.4) is 0 Å². The van der Waals surface area contributed by atoms with Crippen molar-refractivity contribution in [2.24, 2.45) is 0 Å². The highest BCUT2D eigenvalue weighted by molar-refractivity contribution is 6.08. The number of hydrogen-bond donors (Lipinski definition) is 1. The Kier molecular flexibility index (Phi) is 4.80. The van der Waals surface area contributed by atoms with Crippen molar-refractivity contribution in [1.82, 2.24) is 0 Å². The van der Waals surface area contributed by atoms with Crippen LogP contribution in [0.4, 0.5) is 5.69 Å². The molecule has 4 heteroatoms. The fraction of sp³-hybridized carbons (Fsp3) is 0.269. The number of fused-ring (bicyclic) bond motifs is 3. The van der Waals surface area contributed by atoms with Gasteiger partial charge in [0.25, 0.3) is 5.91 Å². The molecular weight excluding hydrogens is 372 g/mol. The molecule has 5 rings (SSSR count). The average molecular weight is 400 g/mol. The molecule has 1 N–H and O–H groups in total. The van der Waals surface area contributed by atoms with Crippen molar-refractivity contribution >= 4 is 11.6 Å². The molecule has 2 aliphatic rings. The first kappa shape index (κ1) is 18.9. The molecule has 3 aromatic rings. The first-order valence-corrected chi connectivity index (χ1v) is 10.7. The van der Waals surface area contributed by atoms with Gasteiger partial charge in [-0.2, -0.15) is 0 Å². The van der Waals surface area contributed by atoms with Crippen LogP contribution in [0, 0.1) is 6.92 Å². The van der Waals surface area contributed by atoms with Crippen molar-refractivity contribution in [1.29, 1.82) is 0 Å². The molecule has 1 saturated heterocycles. The normalized spacial score (nSPS) is 22.3. The molecular formula is C26H27N2O2+. The van der Waals surface area contributed by atoms with Crippen molar-refractivity contribution in [3.05, 3.63) is 89.5 Å². The Morgan fingerprint density at radius 3 is 2.50 bits per heavy atom. The Bertz CT molecular complexity index is 1060. The van der Waals surface area contributed by atoms with Gasteiger partial charge in [0.05, 0.1) is 32.1 Å². The lowest BCUT2D eigenvalue weighted by atomic mass is 9.88. The van der Waals surface area contributed by atoms with Crippen LogP contribution in [0.15, 0.2) is 72.8 Å². The minimum absolute atomic E-state index is 0.0819. The Morgan fingerprint density at radius 2 is 1.73 bits per heavy atom. The van der Waals surface area contributed by atoms with Crippen LogP contribution in [0.5, 0.6) is 11.5 Å². The second-order valence-electron chi connectivity index (χ2n) is 8.55. The second kappa shape index (κ2) is 7.62. The van der Waals surface area contributed by atoms with E-state index in [1.54, 1.807) is 4.90 Å². The summed E-state index contributed by atoms with van der Waals surface area (Å²) in [6, 6.07) is 24.0. The van der Waals surface area contributed by atoms with Crippen LogP contribution in [0.2, 0.25) is 0 Å². The number of nitrogens with one attached hydrogen (secondary N) is 1. The molecule has 3 aromatic carbocycles. The monoisotopic (exact) mass is 399 g/mol. The topological polar surface area (TPSA) is 34.0 Å². The number of carbonyl (C=O) groups is 1. The van der Waals surface area contributed by atoms with Gasteiger partial charge in [-0.3, -0.25) is 4.79 Å². The Morgan fingerprint density at radius 1 is 1.00 bits per heavy atom. The molecule has 3 atom stereocenters. The van der Waals surface area contributed by atoms with E-state index >= 15 is 0 Å². The lowest BCUT2D eigenvalue weighted by Gasteiger charge is -2.34. The number of quaternary nitrogens is 1. The van der Waals surface area contributed by atoms with Crippen LogP contribution in [0.1, 0.15) is 33.8 Å². The summed E-state index contributed by atoms with van der Waals surface area (Å²) < 4.78 is 5.88. The maximum Gasteiger partial charge on any atom is 0.258 e. The fourth-order valence-electron chi connectivity index (χ4n) is 4.89. The number of nitrogens with zero attached hydrogens (tertiary/aromatic N) is 1. The number of piperidine rings is 1. The predicted molar refractivity (Wildman–Crippen MR) is 119 cm³/mol.